The Labute approximate surface area is 145 Å². The Kier molecular flexibility index (Phi) is 4.79. The highest BCUT2D eigenvalue weighted by atomic mass is 16.5. The summed E-state index contributed by atoms with van der Waals surface area (Å²) in [4.78, 5) is 5.33. The van der Waals surface area contributed by atoms with E-state index in [1.165, 1.54) is 57.4 Å². The Morgan fingerprint density at radius 3 is 2.79 bits per heavy atom. The van der Waals surface area contributed by atoms with Crippen LogP contribution in [0.15, 0.2) is 24.3 Å². The summed E-state index contributed by atoms with van der Waals surface area (Å²) in [7, 11) is 1.74. The lowest BCUT2D eigenvalue weighted by atomic mass is 9.77. The average molecular weight is 330 g/mol. The summed E-state index contributed by atoms with van der Waals surface area (Å²) in [5, 5.41) is 0. The quantitative estimate of drug-likeness (QED) is 0.847. The molecule has 1 unspecified atom stereocenters. The number of ether oxygens (including phenoxy) is 2. The molecule has 0 amide bonds. The van der Waals surface area contributed by atoms with E-state index in [-0.39, 0.29) is 0 Å². The highest BCUT2D eigenvalue weighted by molar-refractivity contribution is 5.28. The van der Waals surface area contributed by atoms with E-state index in [0.717, 1.165) is 25.5 Å². The molecule has 0 N–H and O–H groups in total. The lowest BCUT2D eigenvalue weighted by Crippen LogP contribution is -2.42. The molecule has 0 bridgehead atoms. The van der Waals surface area contributed by atoms with Gasteiger partial charge in [0.15, 0.2) is 0 Å². The van der Waals surface area contributed by atoms with Gasteiger partial charge in [-0.1, -0.05) is 12.1 Å². The van der Waals surface area contributed by atoms with Crippen molar-refractivity contribution in [1.82, 2.24) is 9.80 Å². The Hall–Kier alpha value is -1.10. The molecule has 0 saturated carbocycles. The molecule has 0 radical (unpaired) electrons. The fraction of sp³-hybridized carbons (Fsp3) is 0.700. The fourth-order valence-corrected chi connectivity index (χ4v) is 4.71. The van der Waals surface area contributed by atoms with Crippen molar-refractivity contribution < 1.29 is 9.47 Å². The van der Waals surface area contributed by atoms with Crippen molar-refractivity contribution in [3.8, 4) is 5.75 Å². The number of likely N-dealkylation sites (tertiary alicyclic amines) is 2. The molecule has 1 spiro atoms. The first-order valence-corrected chi connectivity index (χ1v) is 9.43. The van der Waals surface area contributed by atoms with Crippen molar-refractivity contribution in [2.75, 3.05) is 46.5 Å². The van der Waals surface area contributed by atoms with Gasteiger partial charge in [-0.25, -0.2) is 0 Å². The van der Waals surface area contributed by atoms with E-state index in [9.17, 15) is 0 Å². The number of piperidine rings is 1. The topological polar surface area (TPSA) is 24.9 Å². The number of nitrogens with zero attached hydrogens (tertiary/aromatic N) is 2. The van der Waals surface area contributed by atoms with E-state index in [4.69, 9.17) is 9.47 Å². The molecular weight excluding hydrogens is 300 g/mol. The van der Waals surface area contributed by atoms with Crippen LogP contribution in [0.5, 0.6) is 5.75 Å². The lowest BCUT2D eigenvalue weighted by molar-refractivity contribution is 0.0924. The Morgan fingerprint density at radius 2 is 2.04 bits per heavy atom. The van der Waals surface area contributed by atoms with Crippen LogP contribution in [0.4, 0.5) is 0 Å². The molecule has 1 aromatic rings. The van der Waals surface area contributed by atoms with Crippen molar-refractivity contribution in [3.05, 3.63) is 29.8 Å². The Balaban J connectivity index is 1.30. The van der Waals surface area contributed by atoms with Crippen molar-refractivity contribution in [2.45, 2.75) is 38.3 Å². The lowest BCUT2D eigenvalue weighted by Gasteiger charge is -2.40. The minimum absolute atomic E-state index is 0.577. The summed E-state index contributed by atoms with van der Waals surface area (Å²) in [6.45, 7) is 8.00. The third kappa shape index (κ3) is 3.46. The molecule has 3 fully saturated rings. The summed E-state index contributed by atoms with van der Waals surface area (Å²) in [6, 6.07) is 9.19. The van der Waals surface area contributed by atoms with E-state index < -0.39 is 0 Å². The number of rotatable bonds is 4. The average Bonchev–Trinajstić information content (AvgIpc) is 3.28. The summed E-state index contributed by atoms with van der Waals surface area (Å²) in [5.74, 6) is 0.964. The van der Waals surface area contributed by atoms with Crippen LogP contribution in [-0.4, -0.2) is 62.3 Å². The largest absolute Gasteiger partial charge is 0.497 e. The summed E-state index contributed by atoms with van der Waals surface area (Å²) in [6.07, 6.45) is 5.32. The summed E-state index contributed by atoms with van der Waals surface area (Å²) in [5.41, 5.74) is 1.94. The van der Waals surface area contributed by atoms with Gasteiger partial charge in [0.05, 0.1) is 13.7 Å². The first-order valence-electron chi connectivity index (χ1n) is 9.43. The van der Waals surface area contributed by atoms with Crippen LogP contribution in [-0.2, 0) is 11.3 Å². The van der Waals surface area contributed by atoms with Gasteiger partial charge in [0.2, 0.25) is 0 Å². The van der Waals surface area contributed by atoms with E-state index >= 15 is 0 Å². The van der Waals surface area contributed by atoms with Crippen LogP contribution in [0.25, 0.3) is 0 Å². The molecule has 3 heterocycles. The third-order valence-corrected chi connectivity index (χ3v) is 6.35. The van der Waals surface area contributed by atoms with Gasteiger partial charge in [-0.05, 0) is 68.4 Å². The molecule has 4 heteroatoms. The van der Waals surface area contributed by atoms with Gasteiger partial charge in [-0.15, -0.1) is 0 Å². The molecule has 4 rings (SSSR count). The van der Waals surface area contributed by atoms with Crippen LogP contribution in [0.2, 0.25) is 0 Å². The second-order valence-corrected chi connectivity index (χ2v) is 7.87. The van der Waals surface area contributed by atoms with E-state index in [1.54, 1.807) is 7.11 Å². The molecule has 1 aromatic carbocycles. The standard InChI is InChI=1S/C20H30N2O2/c1-23-19-4-2-3-17(13-19)14-21-9-6-20(7-10-21)8-11-22(16-20)18-5-12-24-15-18/h2-4,13,18H,5-12,14-16H2,1H3. The second-order valence-electron chi connectivity index (χ2n) is 7.87. The summed E-state index contributed by atoms with van der Waals surface area (Å²) < 4.78 is 10.9. The number of hydrogen-bond donors (Lipinski definition) is 0. The maximum atomic E-state index is 5.59. The van der Waals surface area contributed by atoms with Crippen LogP contribution in [0, 0.1) is 5.41 Å². The molecule has 0 aromatic heterocycles. The molecule has 1 atom stereocenters. The van der Waals surface area contributed by atoms with E-state index in [2.05, 4.69) is 28.0 Å². The third-order valence-electron chi connectivity index (χ3n) is 6.35. The van der Waals surface area contributed by atoms with Crippen LogP contribution >= 0.6 is 0 Å². The van der Waals surface area contributed by atoms with Gasteiger partial charge in [-0.2, -0.15) is 0 Å². The first-order chi connectivity index (χ1) is 11.8. The van der Waals surface area contributed by atoms with Crippen LogP contribution < -0.4 is 4.74 Å². The SMILES string of the molecule is COc1cccc(CN2CCC3(CC2)CCN(C2CCOC2)C3)c1. The smallest absolute Gasteiger partial charge is 0.119 e. The number of hydrogen-bond acceptors (Lipinski definition) is 4. The maximum absolute atomic E-state index is 5.59. The minimum Gasteiger partial charge on any atom is -0.497 e. The predicted molar refractivity (Wildman–Crippen MR) is 95.4 cm³/mol. The highest BCUT2D eigenvalue weighted by Gasteiger charge is 2.42. The highest BCUT2D eigenvalue weighted by Crippen LogP contribution is 2.41. The van der Waals surface area contributed by atoms with Gasteiger partial charge in [0, 0.05) is 25.7 Å². The van der Waals surface area contributed by atoms with Gasteiger partial charge in [0.25, 0.3) is 0 Å². The zero-order chi connectivity index (χ0) is 16.4. The molecular formula is C20H30N2O2. The van der Waals surface area contributed by atoms with Crippen molar-refractivity contribution >= 4 is 0 Å². The molecule has 132 valence electrons. The van der Waals surface area contributed by atoms with E-state index in [1.807, 2.05) is 6.07 Å². The van der Waals surface area contributed by atoms with Gasteiger partial charge in [0.1, 0.15) is 5.75 Å². The fourth-order valence-electron chi connectivity index (χ4n) is 4.71. The summed E-state index contributed by atoms with van der Waals surface area (Å²) >= 11 is 0. The zero-order valence-corrected chi connectivity index (χ0v) is 14.9. The Morgan fingerprint density at radius 1 is 1.21 bits per heavy atom. The minimum atomic E-state index is 0.577. The second kappa shape index (κ2) is 7.03. The first kappa shape index (κ1) is 16.4. The van der Waals surface area contributed by atoms with Crippen molar-refractivity contribution in [1.29, 1.82) is 0 Å². The molecule has 4 nitrogen and oxygen atoms in total. The number of methoxy groups -OCH3 is 1. The van der Waals surface area contributed by atoms with Crippen LogP contribution in [0.3, 0.4) is 0 Å². The number of benzene rings is 1. The monoisotopic (exact) mass is 330 g/mol. The van der Waals surface area contributed by atoms with Gasteiger partial charge >= 0.3 is 0 Å². The van der Waals surface area contributed by atoms with Crippen molar-refractivity contribution in [3.63, 3.8) is 0 Å². The Bertz CT molecular complexity index is 548. The molecule has 0 aliphatic carbocycles. The van der Waals surface area contributed by atoms with Crippen molar-refractivity contribution in [2.24, 2.45) is 5.41 Å². The van der Waals surface area contributed by atoms with Gasteiger partial charge in [-0.3, -0.25) is 9.80 Å². The van der Waals surface area contributed by atoms with E-state index in [0.29, 0.717) is 11.5 Å². The maximum Gasteiger partial charge on any atom is 0.119 e. The normalized spacial score (nSPS) is 27.8. The molecule has 3 aliphatic rings. The predicted octanol–water partition coefficient (Wildman–Crippen LogP) is 2.77. The zero-order valence-electron chi connectivity index (χ0n) is 14.9. The van der Waals surface area contributed by atoms with Crippen LogP contribution in [0.1, 0.15) is 31.2 Å². The van der Waals surface area contributed by atoms with Gasteiger partial charge < -0.3 is 9.47 Å². The molecule has 3 saturated heterocycles. The molecule has 3 aliphatic heterocycles. The molecule has 24 heavy (non-hydrogen) atoms.